The minimum absolute atomic E-state index is 0. The average Bonchev–Trinajstić information content (AvgIpc) is 2.65. The highest BCUT2D eigenvalue weighted by Crippen LogP contribution is 2.12. The van der Waals surface area contributed by atoms with Gasteiger partial charge in [0.05, 0.1) is 19.7 Å². The van der Waals surface area contributed by atoms with Gasteiger partial charge in [-0.2, -0.15) is 0 Å². The van der Waals surface area contributed by atoms with Crippen LogP contribution >= 0.6 is 0 Å². The topological polar surface area (TPSA) is 108 Å². The van der Waals surface area contributed by atoms with Crippen molar-refractivity contribution in [3.05, 3.63) is 29.8 Å². The molecule has 0 spiro atoms. The van der Waals surface area contributed by atoms with Gasteiger partial charge in [0.2, 0.25) is 11.8 Å². The first-order chi connectivity index (χ1) is 12.9. The maximum Gasteiger partial charge on any atom is 0.505 e. The van der Waals surface area contributed by atoms with Gasteiger partial charge in [-0.15, -0.1) is 0 Å². The Kier molecular flexibility index (Phi) is 9.23. The number of carboxylic acid groups (broad SMARTS) is 1. The van der Waals surface area contributed by atoms with Gasteiger partial charge in [-0.3, -0.25) is 14.5 Å². The van der Waals surface area contributed by atoms with Gasteiger partial charge in [-0.1, -0.05) is 19.6 Å². The lowest BCUT2D eigenvalue weighted by atomic mass is 10.1. The van der Waals surface area contributed by atoms with E-state index in [2.05, 4.69) is 10.1 Å². The first-order valence-corrected chi connectivity index (χ1v) is 8.64. The molecule has 1 saturated heterocycles. The number of nitrogens with zero attached hydrogens (tertiary/aromatic N) is 2. The highest BCUT2D eigenvalue weighted by molar-refractivity contribution is 5.78. The molecule has 1 aliphatic rings. The standard InChI is InChI=1S/C18H25N3O6.CH4/c1-13(22)20-7-8-21(15(10-20)12-27-18(24)25)11-17(23)19-9-14-3-5-16(26-2)6-4-14;/h3-6,15H,7-12H2,1-2H3,(H,19,23)(H,24,25);1H4. The molecular weight excluding hydrogens is 366 g/mol. The first-order valence-electron chi connectivity index (χ1n) is 8.64. The summed E-state index contributed by atoms with van der Waals surface area (Å²) in [7, 11) is 1.59. The van der Waals surface area contributed by atoms with Crippen LogP contribution in [0.3, 0.4) is 0 Å². The summed E-state index contributed by atoms with van der Waals surface area (Å²) in [5.41, 5.74) is 0.941. The SMILES string of the molecule is C.COc1ccc(CNC(=O)CN2CCN(C(C)=O)CC2COC(=O)O)cc1. The number of rotatable bonds is 7. The molecule has 2 amide bonds. The molecule has 1 atom stereocenters. The van der Waals surface area contributed by atoms with Crippen molar-refractivity contribution in [2.75, 3.05) is 39.9 Å². The van der Waals surface area contributed by atoms with Gasteiger partial charge in [0, 0.05) is 33.1 Å². The number of carbonyl (C=O) groups excluding carboxylic acids is 2. The van der Waals surface area contributed by atoms with Crippen LogP contribution in [-0.4, -0.2) is 78.8 Å². The van der Waals surface area contributed by atoms with Crippen molar-refractivity contribution in [3.8, 4) is 5.75 Å². The summed E-state index contributed by atoms with van der Waals surface area (Å²) < 4.78 is 9.76. The molecule has 0 aromatic heterocycles. The summed E-state index contributed by atoms with van der Waals surface area (Å²) in [4.78, 5) is 38.0. The second-order valence-electron chi connectivity index (χ2n) is 6.29. The molecule has 9 heteroatoms. The van der Waals surface area contributed by atoms with E-state index in [1.54, 1.807) is 12.0 Å². The molecule has 2 rings (SSSR count). The Labute approximate surface area is 165 Å². The quantitative estimate of drug-likeness (QED) is 0.667. The van der Waals surface area contributed by atoms with Crippen LogP contribution in [0.4, 0.5) is 4.79 Å². The lowest BCUT2D eigenvalue weighted by Gasteiger charge is -2.40. The van der Waals surface area contributed by atoms with Gasteiger partial charge in [0.15, 0.2) is 0 Å². The smallest absolute Gasteiger partial charge is 0.497 e. The predicted molar refractivity (Wildman–Crippen MR) is 103 cm³/mol. The van der Waals surface area contributed by atoms with Gasteiger partial charge >= 0.3 is 6.16 Å². The average molecular weight is 395 g/mol. The third-order valence-electron chi connectivity index (χ3n) is 4.44. The summed E-state index contributed by atoms with van der Waals surface area (Å²) in [6, 6.07) is 7.02. The summed E-state index contributed by atoms with van der Waals surface area (Å²) in [6.45, 7) is 3.15. The van der Waals surface area contributed by atoms with E-state index in [4.69, 9.17) is 9.84 Å². The van der Waals surface area contributed by atoms with Crippen molar-refractivity contribution in [2.24, 2.45) is 0 Å². The van der Waals surface area contributed by atoms with E-state index in [1.807, 2.05) is 29.2 Å². The second kappa shape index (κ2) is 11.1. The van der Waals surface area contributed by atoms with Gasteiger partial charge < -0.3 is 24.8 Å². The monoisotopic (exact) mass is 395 g/mol. The van der Waals surface area contributed by atoms with E-state index < -0.39 is 6.16 Å². The maximum atomic E-state index is 12.3. The van der Waals surface area contributed by atoms with Gasteiger partial charge in [-0.25, -0.2) is 4.79 Å². The Morgan fingerprint density at radius 2 is 1.89 bits per heavy atom. The number of ether oxygens (including phenoxy) is 2. The molecule has 9 nitrogen and oxygen atoms in total. The summed E-state index contributed by atoms with van der Waals surface area (Å²) >= 11 is 0. The molecule has 1 heterocycles. The van der Waals surface area contributed by atoms with Crippen molar-refractivity contribution in [2.45, 2.75) is 26.9 Å². The van der Waals surface area contributed by atoms with E-state index in [9.17, 15) is 14.4 Å². The third kappa shape index (κ3) is 7.07. The van der Waals surface area contributed by atoms with Gasteiger partial charge in [-0.05, 0) is 17.7 Å². The number of amides is 2. The molecule has 1 fully saturated rings. The van der Waals surface area contributed by atoms with Gasteiger partial charge in [0.1, 0.15) is 12.4 Å². The number of carbonyl (C=O) groups is 3. The van der Waals surface area contributed by atoms with Crippen LogP contribution in [0.25, 0.3) is 0 Å². The van der Waals surface area contributed by atoms with Crippen LogP contribution in [0.15, 0.2) is 24.3 Å². The molecular formula is C19H29N3O6. The van der Waals surface area contributed by atoms with Crippen molar-refractivity contribution in [1.82, 2.24) is 15.1 Å². The van der Waals surface area contributed by atoms with Crippen LogP contribution in [0, 0.1) is 0 Å². The fourth-order valence-corrected chi connectivity index (χ4v) is 2.90. The van der Waals surface area contributed by atoms with Crippen LogP contribution < -0.4 is 10.1 Å². The van der Waals surface area contributed by atoms with Gasteiger partial charge in [0.25, 0.3) is 0 Å². The molecule has 1 aliphatic heterocycles. The number of nitrogens with one attached hydrogen (secondary N) is 1. The predicted octanol–water partition coefficient (Wildman–Crippen LogP) is 1.17. The summed E-state index contributed by atoms with van der Waals surface area (Å²) in [5.74, 6) is 0.482. The van der Waals surface area contributed by atoms with Crippen molar-refractivity contribution in [3.63, 3.8) is 0 Å². The third-order valence-corrected chi connectivity index (χ3v) is 4.44. The number of benzene rings is 1. The summed E-state index contributed by atoms with van der Waals surface area (Å²) in [6.07, 6.45) is -1.38. The number of methoxy groups -OCH3 is 1. The fraction of sp³-hybridized carbons (Fsp3) is 0.526. The molecule has 2 N–H and O–H groups in total. The molecule has 0 aliphatic carbocycles. The number of hydrogen-bond donors (Lipinski definition) is 2. The summed E-state index contributed by atoms with van der Waals surface area (Å²) in [5, 5.41) is 11.6. The lowest BCUT2D eigenvalue weighted by Crippen LogP contribution is -2.58. The molecule has 156 valence electrons. The number of hydrogen-bond acceptors (Lipinski definition) is 6. The number of piperazine rings is 1. The largest absolute Gasteiger partial charge is 0.505 e. The molecule has 1 aromatic carbocycles. The van der Waals surface area contributed by atoms with E-state index >= 15 is 0 Å². The van der Waals surface area contributed by atoms with Crippen molar-refractivity contribution < 1.29 is 29.0 Å². The zero-order valence-corrected chi connectivity index (χ0v) is 15.5. The van der Waals surface area contributed by atoms with E-state index in [-0.39, 0.29) is 38.4 Å². The normalized spacial score (nSPS) is 16.6. The van der Waals surface area contributed by atoms with Crippen molar-refractivity contribution in [1.29, 1.82) is 0 Å². The van der Waals surface area contributed by atoms with E-state index in [0.717, 1.165) is 11.3 Å². The Balaban J connectivity index is 0.00000392. The highest BCUT2D eigenvalue weighted by Gasteiger charge is 2.30. The Morgan fingerprint density at radius 3 is 2.46 bits per heavy atom. The zero-order valence-electron chi connectivity index (χ0n) is 15.5. The lowest BCUT2D eigenvalue weighted by molar-refractivity contribution is -0.133. The zero-order chi connectivity index (χ0) is 19.8. The Hall–Kier alpha value is -2.81. The minimum atomic E-state index is -1.38. The second-order valence-corrected chi connectivity index (χ2v) is 6.29. The molecule has 28 heavy (non-hydrogen) atoms. The van der Waals surface area contributed by atoms with Crippen molar-refractivity contribution >= 4 is 18.0 Å². The maximum absolute atomic E-state index is 12.3. The van der Waals surface area contributed by atoms with E-state index in [0.29, 0.717) is 26.2 Å². The molecule has 1 unspecified atom stereocenters. The molecule has 0 radical (unpaired) electrons. The Bertz CT molecular complexity index is 664. The fourth-order valence-electron chi connectivity index (χ4n) is 2.90. The van der Waals surface area contributed by atoms with Crippen LogP contribution in [0.1, 0.15) is 19.9 Å². The van der Waals surface area contributed by atoms with Crippen LogP contribution in [-0.2, 0) is 20.9 Å². The minimum Gasteiger partial charge on any atom is -0.497 e. The van der Waals surface area contributed by atoms with E-state index in [1.165, 1.54) is 6.92 Å². The Morgan fingerprint density at radius 1 is 1.21 bits per heavy atom. The van der Waals surface area contributed by atoms with Crippen LogP contribution in [0.2, 0.25) is 0 Å². The first kappa shape index (κ1) is 23.2. The van der Waals surface area contributed by atoms with Crippen LogP contribution in [0.5, 0.6) is 5.75 Å². The molecule has 0 saturated carbocycles. The highest BCUT2D eigenvalue weighted by atomic mass is 16.7. The molecule has 1 aromatic rings. The molecule has 0 bridgehead atoms.